The summed E-state index contributed by atoms with van der Waals surface area (Å²) in [6.07, 6.45) is -32.7. The summed E-state index contributed by atoms with van der Waals surface area (Å²) in [5, 5.41) is 158. The van der Waals surface area contributed by atoms with Gasteiger partial charge in [0.1, 0.15) is 85.5 Å². The van der Waals surface area contributed by atoms with Crippen LogP contribution in [-0.2, 0) is 61.8 Å². The summed E-state index contributed by atoms with van der Waals surface area (Å²) in [5.41, 5.74) is -5.16. The highest BCUT2D eigenvalue weighted by atomic mass is 16.8. The average Bonchev–Trinajstić information content (AvgIpc) is 0.707. The number of carboxylic acids is 1. The molecule has 0 bridgehead atoms. The highest BCUT2D eigenvalue weighted by molar-refractivity contribution is 5.88. The molecule has 8 fully saturated rings. The Morgan fingerprint density at radius 2 is 1.14 bits per heavy atom. The smallest absolute Gasteiger partial charge is 0.335 e. The summed E-state index contributed by atoms with van der Waals surface area (Å²) in [6, 6.07) is 0. The highest BCUT2D eigenvalue weighted by Crippen LogP contribution is 2.76. The second-order valence-electron chi connectivity index (χ2n) is 28.8. The van der Waals surface area contributed by atoms with Crippen LogP contribution in [0.25, 0.3) is 0 Å². The first-order valence-corrected chi connectivity index (χ1v) is 31.5. The summed E-state index contributed by atoms with van der Waals surface area (Å²) < 4.78 is 61.5. The number of ether oxygens (including phenoxy) is 10. The van der Waals surface area contributed by atoms with Crippen molar-refractivity contribution in [2.24, 2.45) is 50.2 Å². The minimum atomic E-state index is -2.15. The van der Waals surface area contributed by atoms with Gasteiger partial charge >= 0.3 is 17.9 Å². The molecule has 0 aromatic carbocycles. The Labute approximate surface area is 523 Å². The Kier molecular flexibility index (Phi) is 20.6. The van der Waals surface area contributed by atoms with Crippen LogP contribution in [0.3, 0.4) is 0 Å². The number of hydrogen-bond acceptors (Lipinski definition) is 26. The number of rotatable bonds is 16. The number of carbonyl (C=O) groups is 3. The molecule has 4 saturated heterocycles. The van der Waals surface area contributed by atoms with Crippen LogP contribution in [0.1, 0.15) is 122 Å². The van der Waals surface area contributed by atoms with Crippen molar-refractivity contribution in [2.75, 3.05) is 19.8 Å². The zero-order valence-corrected chi connectivity index (χ0v) is 53.3. The molecular weight excluding hydrogens is 1190 g/mol. The van der Waals surface area contributed by atoms with E-state index in [-0.39, 0.29) is 35.8 Å². The van der Waals surface area contributed by atoms with Crippen LogP contribution in [0, 0.1) is 50.2 Å². The first-order valence-electron chi connectivity index (χ1n) is 31.5. The molecule has 5 aliphatic carbocycles. The number of carbonyl (C=O) groups excluding carboxylic acids is 2. The summed E-state index contributed by atoms with van der Waals surface area (Å²) >= 11 is 0. The van der Waals surface area contributed by atoms with Crippen LogP contribution in [0.4, 0.5) is 0 Å². The van der Waals surface area contributed by atoms with Crippen LogP contribution in [0.15, 0.2) is 34.9 Å². The van der Waals surface area contributed by atoms with Crippen LogP contribution < -0.4 is 0 Å². The molecule has 9 aliphatic rings. The fraction of sp³-hybridized carbons (Fsp3) is 0.857. The van der Waals surface area contributed by atoms with Crippen LogP contribution in [-0.4, -0.2) is 256 Å². The van der Waals surface area contributed by atoms with Gasteiger partial charge in [0.15, 0.2) is 37.4 Å². The van der Waals surface area contributed by atoms with Crippen molar-refractivity contribution in [3.63, 3.8) is 0 Å². The largest absolute Gasteiger partial charge is 0.479 e. The highest BCUT2D eigenvalue weighted by Gasteiger charge is 2.76. The Bertz CT molecular complexity index is 2700. The number of aliphatic hydroxyl groups is 13. The van der Waals surface area contributed by atoms with E-state index in [0.29, 0.717) is 25.7 Å². The maximum Gasteiger partial charge on any atom is 0.335 e. The lowest BCUT2D eigenvalue weighted by Crippen LogP contribution is -2.77. The van der Waals surface area contributed by atoms with Crippen LogP contribution in [0.2, 0.25) is 0 Å². The molecule has 4 saturated carbocycles. The zero-order chi connectivity index (χ0) is 66.6. The quantitative estimate of drug-likeness (QED) is 0.0386. The van der Waals surface area contributed by atoms with Crippen molar-refractivity contribution in [1.82, 2.24) is 0 Å². The molecule has 14 N–H and O–H groups in total. The third-order valence-corrected chi connectivity index (χ3v) is 23.4. The Morgan fingerprint density at radius 3 is 1.71 bits per heavy atom. The van der Waals surface area contributed by atoms with E-state index in [2.05, 4.69) is 19.9 Å². The summed E-state index contributed by atoms with van der Waals surface area (Å²) in [7, 11) is 0. The molecular formula is C63H98O27. The average molecular weight is 1290 g/mol. The van der Waals surface area contributed by atoms with E-state index in [4.69, 9.17) is 47.4 Å². The van der Waals surface area contributed by atoms with Gasteiger partial charge < -0.3 is 119 Å². The maximum atomic E-state index is 14.2. The van der Waals surface area contributed by atoms with Crippen molar-refractivity contribution in [1.29, 1.82) is 0 Å². The van der Waals surface area contributed by atoms with E-state index < -0.39 is 223 Å². The third-order valence-electron chi connectivity index (χ3n) is 23.4. The molecule has 4 aliphatic heterocycles. The molecule has 31 atom stereocenters. The zero-order valence-electron chi connectivity index (χ0n) is 53.3. The Balaban J connectivity index is 1.04. The van der Waals surface area contributed by atoms with E-state index in [9.17, 15) is 85.9 Å². The minimum absolute atomic E-state index is 0.183. The molecule has 512 valence electrons. The number of esters is 2. The van der Waals surface area contributed by atoms with E-state index in [1.807, 2.05) is 34.6 Å². The van der Waals surface area contributed by atoms with Crippen molar-refractivity contribution >= 4 is 17.9 Å². The van der Waals surface area contributed by atoms with Gasteiger partial charge in [0.25, 0.3) is 0 Å². The van der Waals surface area contributed by atoms with Gasteiger partial charge in [0.05, 0.1) is 49.7 Å². The normalized spacial score (nSPS) is 50.1. The van der Waals surface area contributed by atoms with Crippen molar-refractivity contribution < 1.29 is 133 Å². The number of fused-ring (bicyclic) bond motifs is 7. The molecule has 27 nitrogen and oxygen atoms in total. The van der Waals surface area contributed by atoms with E-state index in [1.54, 1.807) is 26.8 Å². The molecule has 4 heterocycles. The molecule has 90 heavy (non-hydrogen) atoms. The van der Waals surface area contributed by atoms with Crippen LogP contribution >= 0.6 is 0 Å². The molecule has 0 amide bonds. The van der Waals surface area contributed by atoms with Gasteiger partial charge in [-0.05, 0) is 113 Å². The predicted molar refractivity (Wildman–Crippen MR) is 308 cm³/mol. The summed E-state index contributed by atoms with van der Waals surface area (Å²) in [4.78, 5) is 40.2. The first kappa shape index (κ1) is 71.1. The molecule has 9 rings (SSSR count). The Morgan fingerprint density at radius 1 is 0.589 bits per heavy atom. The number of allylic oxidation sites excluding steroid dienone is 3. The van der Waals surface area contributed by atoms with E-state index >= 15 is 0 Å². The van der Waals surface area contributed by atoms with Crippen LogP contribution in [0.5, 0.6) is 0 Å². The fourth-order valence-electron chi connectivity index (χ4n) is 17.7. The monoisotopic (exact) mass is 1290 g/mol. The summed E-state index contributed by atoms with van der Waals surface area (Å²) in [5.74, 6) is -4.46. The molecule has 0 aromatic rings. The van der Waals surface area contributed by atoms with Gasteiger partial charge in [-0.2, -0.15) is 0 Å². The van der Waals surface area contributed by atoms with Gasteiger partial charge in [0, 0.05) is 16.6 Å². The lowest BCUT2D eigenvalue weighted by Gasteiger charge is -2.73. The third kappa shape index (κ3) is 11.4. The second-order valence-corrected chi connectivity index (χ2v) is 28.8. The fourth-order valence-corrected chi connectivity index (χ4v) is 17.7. The number of aliphatic carboxylic acids is 1. The number of carboxylic acid groups (broad SMARTS) is 1. The van der Waals surface area contributed by atoms with Crippen molar-refractivity contribution in [3.05, 3.63) is 34.9 Å². The van der Waals surface area contributed by atoms with Gasteiger partial charge in [-0.1, -0.05) is 72.3 Å². The molecule has 27 heteroatoms. The number of hydrogen-bond donors (Lipinski definition) is 14. The predicted octanol–water partition coefficient (Wildman–Crippen LogP) is -0.885. The second kappa shape index (κ2) is 26.1. The lowest BCUT2D eigenvalue weighted by atomic mass is 9.32. The minimum Gasteiger partial charge on any atom is -0.479 e. The van der Waals surface area contributed by atoms with Crippen molar-refractivity contribution in [2.45, 2.75) is 269 Å². The van der Waals surface area contributed by atoms with E-state index in [0.717, 1.165) is 5.57 Å². The van der Waals surface area contributed by atoms with Gasteiger partial charge in [-0.25, -0.2) is 14.4 Å². The first-order chi connectivity index (χ1) is 42.0. The topological polar surface area (TPSA) is 427 Å². The lowest BCUT2D eigenvalue weighted by molar-refractivity contribution is -0.386. The van der Waals surface area contributed by atoms with Crippen molar-refractivity contribution in [3.8, 4) is 0 Å². The van der Waals surface area contributed by atoms with Gasteiger partial charge in [-0.15, -0.1) is 0 Å². The number of aliphatic hydroxyl groups excluding tert-OH is 13. The van der Waals surface area contributed by atoms with Gasteiger partial charge in [-0.3, -0.25) is 0 Å². The molecule has 3 unspecified atom stereocenters. The molecule has 0 spiro atoms. The van der Waals surface area contributed by atoms with Gasteiger partial charge in [0.2, 0.25) is 0 Å². The Hall–Kier alpha value is -3.21. The SMILES string of the molecule is C/C=C(/C)C(=O)O[C@@H]1[C@@H](O)[C@H](C)O[C@@H](O[C@H]2[C@@H](OC(=O)/C(C)=C\C)[C@@]3(CO)C(CC2(C)C)C2=CCC4[C@@]5(C)CC[C@H](O[C@H]6O[C@H](C(=O)O)[C@@H](O)[C@H](O[C@H]7O[C@H](CO)[C@@H](O)[C@@H]7O)[C@H]6O[C@@H]6O[C@H](CO)[C@H](O)[C@H](O)[C@H]6O)C(C)(C)C5CC[C@@]4(C)[C@]2(C)[C@H](O)[C@@H]3O)[C@@H]1O. The molecule has 0 radical (unpaired) electrons. The molecule has 0 aromatic heterocycles. The maximum absolute atomic E-state index is 14.2. The van der Waals surface area contributed by atoms with E-state index in [1.165, 1.54) is 19.9 Å². The standard InChI is InChI=1S/C63H98O27/c1-13-25(3)52(79)85-43-35(67)27(5)81-56(42(43)74)90-49-50(89-53(80)26(4)14-2)63(24-66)29(21-58(49,6)7)28-15-16-33-60(10)19-18-34(59(8,9)32(60)17-20-61(33,11)62(28,12)47(75)48(63)76)84-57-46(88-55-40(72)38(70)36(68)30(22-64)82-55)44(41(73)45(87-57)51(77)78)86-54-39(71)37(69)31(23-65)83-54/h13-15,27,29-50,54-57,64-76H,16-24H2,1-12H3,(H,77,78)/b25-13-,26-14-/t27-,29?,30+,31+,32?,33?,34-,35-,36-,37+,38-,39-,40+,41-,42+,43+,44-,45-,46+,47+,48-,49-,50+,54+,55-,56-,57-,60-,61+,62-,63-/m0/s1. The summed E-state index contributed by atoms with van der Waals surface area (Å²) in [6.45, 7) is 19.4.